The van der Waals surface area contributed by atoms with Gasteiger partial charge in [-0.2, -0.15) is 0 Å². The lowest BCUT2D eigenvalue weighted by Gasteiger charge is -2.35. The van der Waals surface area contributed by atoms with E-state index < -0.39 is 22.7 Å². The molecule has 0 radical (unpaired) electrons. The van der Waals surface area contributed by atoms with Crippen LogP contribution in [-0.2, 0) is 67.0 Å². The van der Waals surface area contributed by atoms with Crippen molar-refractivity contribution in [2.24, 2.45) is 11.8 Å². The molecule has 0 N–H and O–H groups in total. The summed E-state index contributed by atoms with van der Waals surface area (Å²) < 4.78 is 2.62. The topological polar surface area (TPSA) is 90.4 Å². The highest BCUT2D eigenvalue weighted by Gasteiger charge is 2.57. The monoisotopic (exact) mass is 1810 g/mol. The zero-order valence-corrected chi connectivity index (χ0v) is 83.1. The Morgan fingerprint density at radius 3 is 0.985 bits per heavy atom. The number of rotatable bonds is 46. The number of unbranched alkanes of at least 4 members (excludes halogenated alkanes) is 24. The largest absolute Gasteiger partial charge is 0.294 e. The molecule has 132 heavy (non-hydrogen) atoms. The van der Waals surface area contributed by atoms with Crippen LogP contribution in [0.5, 0.6) is 0 Å². The van der Waals surface area contributed by atoms with E-state index in [2.05, 4.69) is 205 Å². The number of carbonyl (C=O) groups is 2. The van der Waals surface area contributed by atoms with Crippen LogP contribution in [0.3, 0.4) is 0 Å². The van der Waals surface area contributed by atoms with Crippen LogP contribution in [0.4, 0.5) is 0 Å². The van der Waals surface area contributed by atoms with Gasteiger partial charge in [-0.3, -0.25) is 9.59 Å². The lowest BCUT2D eigenvalue weighted by atomic mass is 9.68. The molecule has 11 aromatic rings. The maximum absolute atomic E-state index is 15.9. The number of fused-ring (bicyclic) bond motifs is 13. The van der Waals surface area contributed by atoms with Gasteiger partial charge in [-0.1, -0.05) is 343 Å². The molecule has 6 nitrogen and oxygen atoms in total. The van der Waals surface area contributed by atoms with E-state index in [0.29, 0.717) is 33.4 Å². The first-order chi connectivity index (χ1) is 64.7. The quantitative estimate of drug-likeness (QED) is 0.0165. The summed E-state index contributed by atoms with van der Waals surface area (Å²) in [6.45, 7) is 35.9. The Labute approximate surface area is 804 Å². The van der Waals surface area contributed by atoms with Crippen molar-refractivity contribution in [3.05, 3.63) is 316 Å². The Kier molecular flexibility index (Phi) is 31.9. The molecule has 2 atom stereocenters. The number of ketones is 2. The minimum atomic E-state index is -0.910. The van der Waals surface area contributed by atoms with E-state index >= 15 is 9.59 Å². The predicted molar refractivity (Wildman–Crippen MR) is 562 cm³/mol. The van der Waals surface area contributed by atoms with Gasteiger partial charge >= 0.3 is 0 Å². The molecule has 0 bridgehead atoms. The van der Waals surface area contributed by atoms with Crippen molar-refractivity contribution in [2.75, 3.05) is 0 Å². The molecule has 10 heteroatoms. The molecule has 0 spiro atoms. The number of nitriles is 2. The number of thiophene rings is 4. The zero-order valence-electron chi connectivity index (χ0n) is 79.8. The van der Waals surface area contributed by atoms with Crippen LogP contribution in [0.1, 0.15) is 374 Å². The van der Waals surface area contributed by atoms with E-state index in [1.54, 1.807) is 0 Å². The normalized spacial score (nSPS) is 16.6. The summed E-state index contributed by atoms with van der Waals surface area (Å²) in [6, 6.07) is 61.6. The minimum absolute atomic E-state index is 0.0260. The zero-order chi connectivity index (χ0) is 91.8. The summed E-state index contributed by atoms with van der Waals surface area (Å²) in [5.74, 6) is -1.25. The number of benzene rings is 7. The Bertz CT molecular complexity index is 6260. The molecule has 0 saturated heterocycles. The summed E-state index contributed by atoms with van der Waals surface area (Å²) in [5.41, 5.74) is 22.4. The van der Waals surface area contributed by atoms with Crippen LogP contribution < -0.4 is 10.4 Å². The number of hydrogen-bond donors (Lipinski definition) is 0. The van der Waals surface area contributed by atoms with Gasteiger partial charge in [-0.25, -0.2) is 20.2 Å². The fourth-order valence-electron chi connectivity index (χ4n) is 22.5. The number of allylic oxidation sites excluding steroid dienone is 6. The maximum atomic E-state index is 15.9. The van der Waals surface area contributed by atoms with Gasteiger partial charge in [0, 0.05) is 79.7 Å². The van der Waals surface area contributed by atoms with Crippen LogP contribution in [0, 0.1) is 47.6 Å². The van der Waals surface area contributed by atoms with Gasteiger partial charge in [0.1, 0.15) is 0 Å². The number of Topliss-reactive ketones (excluding diaryl/α,β-unsaturated/α-hetero) is 2. The first-order valence-corrected chi connectivity index (χ1v) is 54.3. The van der Waals surface area contributed by atoms with E-state index in [4.69, 9.17) is 13.1 Å². The maximum Gasteiger partial charge on any atom is 0.270 e. The molecular weight excluding hydrogens is 1680 g/mol. The van der Waals surface area contributed by atoms with Gasteiger partial charge in [0.05, 0.1) is 51.4 Å². The minimum Gasteiger partial charge on any atom is -0.294 e. The smallest absolute Gasteiger partial charge is 0.270 e. The van der Waals surface area contributed by atoms with E-state index in [1.165, 1.54) is 169 Å². The van der Waals surface area contributed by atoms with Crippen molar-refractivity contribution < 1.29 is 9.59 Å². The molecule has 5 aliphatic carbocycles. The average molecular weight is 1820 g/mol. The molecular formula is C122H134N4O2S4. The molecule has 16 rings (SSSR count). The van der Waals surface area contributed by atoms with Gasteiger partial charge in [0.2, 0.25) is 0 Å². The average Bonchev–Trinajstić information content (AvgIpc) is 1.49. The van der Waals surface area contributed by atoms with Gasteiger partial charge in [0.15, 0.2) is 11.6 Å². The highest BCUT2D eigenvalue weighted by molar-refractivity contribution is 7.32. The lowest BCUT2D eigenvalue weighted by Crippen LogP contribution is -2.32. The first-order valence-electron chi connectivity index (χ1n) is 51.1. The van der Waals surface area contributed by atoms with E-state index in [-0.39, 0.29) is 23.0 Å². The van der Waals surface area contributed by atoms with Gasteiger partial charge < -0.3 is 0 Å². The van der Waals surface area contributed by atoms with Crippen LogP contribution >= 0.6 is 45.3 Å². The molecule has 2 unspecified atom stereocenters. The van der Waals surface area contributed by atoms with Gasteiger partial charge in [-0.05, 0) is 238 Å². The van der Waals surface area contributed by atoms with Crippen molar-refractivity contribution in [3.63, 3.8) is 0 Å². The molecule has 7 aromatic carbocycles. The summed E-state index contributed by atoms with van der Waals surface area (Å²) >= 11 is 7.66. The van der Waals surface area contributed by atoms with Crippen molar-refractivity contribution >= 4 is 107 Å². The highest BCUT2D eigenvalue weighted by Crippen LogP contribution is 2.71. The third kappa shape index (κ3) is 19.3. The fourth-order valence-corrected chi connectivity index (χ4v) is 28.4. The second-order valence-electron chi connectivity index (χ2n) is 38.7. The van der Waals surface area contributed by atoms with E-state index in [0.717, 1.165) is 236 Å². The molecule has 678 valence electrons. The van der Waals surface area contributed by atoms with Crippen LogP contribution in [0.25, 0.3) is 80.6 Å². The molecule has 1 saturated carbocycles. The molecule has 4 heterocycles. The first kappa shape index (κ1) is 95.0. The summed E-state index contributed by atoms with van der Waals surface area (Å²) in [6.07, 6.45) is 53.1. The Morgan fingerprint density at radius 1 is 0.356 bits per heavy atom. The van der Waals surface area contributed by atoms with E-state index in [9.17, 15) is 10.5 Å². The highest BCUT2D eigenvalue weighted by atomic mass is 32.1. The SMILES string of the molecule is [C-]#[N+]/C(C#N)=C1\C(=C\c2cc3c(s2)C(c2cc(CCCCCC)cc(CCCCCC)c2)(c2cc(CCCCCC)cc(CCCCCC)c2)c2c-3sc3c4c(sc23)-c2cc(/C=C3\C(=O)c5cc6ccccc6cc5\C3=C(\C#N)[N+]#[C-])sc2C4(c2cc(CCCCCC)cc(CCCCCC)c2)c2cc(CCCCCC)cc(CCCCCC)c2)C(=O)C2C=c3ccccc3=CC12. The lowest BCUT2D eigenvalue weighted by molar-refractivity contribution is -0.116. The third-order valence-corrected chi connectivity index (χ3v) is 34.2. The molecule has 0 aliphatic heterocycles. The van der Waals surface area contributed by atoms with Crippen LogP contribution in [0.15, 0.2) is 174 Å². The predicted octanol–water partition coefficient (Wildman–Crippen LogP) is 33.6. The number of aryl methyl sites for hydroxylation is 8. The van der Waals surface area contributed by atoms with Gasteiger partial charge in [-0.15, -0.1) is 45.3 Å². The summed E-state index contributed by atoms with van der Waals surface area (Å²) in [7, 11) is 0. The van der Waals surface area contributed by atoms with E-state index in [1.807, 2.05) is 87.8 Å². The van der Waals surface area contributed by atoms with Crippen molar-refractivity contribution in [1.29, 1.82) is 10.5 Å². The number of carbonyl (C=O) groups excluding carboxylic acids is 2. The Balaban J connectivity index is 1.07. The molecule has 5 aliphatic rings. The Morgan fingerprint density at radius 2 is 0.667 bits per heavy atom. The number of hydrogen-bond acceptors (Lipinski definition) is 8. The van der Waals surface area contributed by atoms with Crippen molar-refractivity contribution in [1.82, 2.24) is 0 Å². The molecule has 1 fully saturated rings. The van der Waals surface area contributed by atoms with Gasteiger partial charge in [0.25, 0.3) is 11.4 Å². The van der Waals surface area contributed by atoms with Crippen molar-refractivity contribution in [2.45, 2.75) is 323 Å². The summed E-state index contributed by atoms with van der Waals surface area (Å²) in [4.78, 5) is 46.6. The standard InChI is InChI=1S/C122H134N4O2S4/c1-11-19-27-35-47-81-59-82(48-36-28-20-12-2)64-93(63-81)121(94-65-83(49-37-29-21-13-3)60-84(66-94)50-38-30-22-14-4)111-115(105-77-97(129-119(105)121)75-103-109(107(79-123)125-9)99-71-89-55-43-45-57-91(89)73-101(99)113(103)127)131-118-112-116(132-117(111)118)106-78-98(76-104-110(108(80-124)126-10)100-72-90-56-44-46-58-92(90)74-102(100)114(104)128)130-120(106)122(112,95-67-85(51-39-31-23-15-5)61-86(68-95)52-40-32-24-16-6)96-69-87(53-41-33-25-17-7)62-88(70-96)54-42-34-26-18-8/h43-46,55-78,99,101H,11-42,47-54H2,1-8H3/b103-75-,104-76-,109-107-,110-108+. The third-order valence-electron chi connectivity index (χ3n) is 29.1. The second kappa shape index (κ2) is 44.4. The Hall–Kier alpha value is -10.1. The molecule has 4 aromatic heterocycles. The fraction of sp³-hybridized carbons (Fsp3) is 0.426. The second-order valence-corrected chi connectivity index (χ2v) is 42.9. The molecule has 0 amide bonds. The van der Waals surface area contributed by atoms with Crippen LogP contribution in [0.2, 0.25) is 0 Å². The number of nitrogens with zero attached hydrogens (tertiary/aromatic N) is 4. The summed E-state index contributed by atoms with van der Waals surface area (Å²) in [5, 5.41) is 26.2. The van der Waals surface area contributed by atoms with Crippen LogP contribution in [-0.4, -0.2) is 11.6 Å². The van der Waals surface area contributed by atoms with Crippen molar-refractivity contribution in [3.8, 4) is 33.0 Å².